The van der Waals surface area contributed by atoms with Crippen molar-refractivity contribution in [1.82, 2.24) is 0 Å². The van der Waals surface area contributed by atoms with Gasteiger partial charge in [-0.2, -0.15) is 0 Å². The molecule has 0 amide bonds. The molecule has 0 atom stereocenters. The molecule has 0 fully saturated rings. The Hall–Kier alpha value is -5.92. The molecular formula is C47H35N. The Morgan fingerprint density at radius 1 is 0.417 bits per heavy atom. The minimum atomic E-state index is -0.140. The van der Waals surface area contributed by atoms with Crippen LogP contribution in [0.3, 0.4) is 0 Å². The number of fused-ring (bicyclic) bond motifs is 6. The molecule has 0 radical (unpaired) electrons. The summed E-state index contributed by atoms with van der Waals surface area (Å²) in [6.45, 7) is 4.76. The third kappa shape index (κ3) is 4.54. The van der Waals surface area contributed by atoms with E-state index >= 15 is 0 Å². The standard InChI is InChI=1S/C47H35N/c1-47(2)43-22-11-10-21-42(43)45-44(31-38-17-8-9-20-41(38)46(45)47)48(40-19-12-18-36(30-40)32-13-4-3-5-14-32)39-27-25-34(26-28-39)37-24-23-33-15-6-7-16-35(33)29-37/h3-31H,1-2H3. The van der Waals surface area contributed by atoms with E-state index in [4.69, 9.17) is 0 Å². The quantitative estimate of drug-likeness (QED) is 0.187. The highest BCUT2D eigenvalue weighted by Crippen LogP contribution is 2.56. The van der Waals surface area contributed by atoms with Crippen LogP contribution in [-0.4, -0.2) is 0 Å². The van der Waals surface area contributed by atoms with Gasteiger partial charge in [-0.3, -0.25) is 0 Å². The Balaban J connectivity index is 1.28. The van der Waals surface area contributed by atoms with E-state index in [9.17, 15) is 0 Å². The van der Waals surface area contributed by atoms with Crippen LogP contribution in [0.4, 0.5) is 17.1 Å². The molecule has 0 N–H and O–H groups in total. The van der Waals surface area contributed by atoms with E-state index in [-0.39, 0.29) is 5.41 Å². The van der Waals surface area contributed by atoms with Crippen molar-refractivity contribution in [3.63, 3.8) is 0 Å². The molecule has 0 saturated heterocycles. The van der Waals surface area contributed by atoms with Gasteiger partial charge >= 0.3 is 0 Å². The summed E-state index contributed by atoms with van der Waals surface area (Å²) in [7, 11) is 0. The number of benzene rings is 8. The minimum Gasteiger partial charge on any atom is -0.310 e. The van der Waals surface area contributed by atoms with Gasteiger partial charge in [0.25, 0.3) is 0 Å². The third-order valence-corrected chi connectivity index (χ3v) is 10.2. The summed E-state index contributed by atoms with van der Waals surface area (Å²) in [5.41, 5.74) is 13.6. The molecule has 0 spiro atoms. The van der Waals surface area contributed by atoms with Gasteiger partial charge in [0.05, 0.1) is 5.69 Å². The Morgan fingerprint density at radius 2 is 1.04 bits per heavy atom. The fourth-order valence-corrected chi connectivity index (χ4v) is 7.87. The normalized spacial score (nSPS) is 13.0. The van der Waals surface area contributed by atoms with Gasteiger partial charge in [-0.05, 0) is 96.9 Å². The van der Waals surface area contributed by atoms with Crippen LogP contribution in [0.15, 0.2) is 176 Å². The van der Waals surface area contributed by atoms with Gasteiger partial charge in [-0.15, -0.1) is 0 Å². The van der Waals surface area contributed by atoms with Crippen molar-refractivity contribution in [3.05, 3.63) is 187 Å². The summed E-state index contributed by atoms with van der Waals surface area (Å²) in [6.07, 6.45) is 0. The van der Waals surface area contributed by atoms with E-state index in [0.29, 0.717) is 0 Å². The zero-order valence-corrected chi connectivity index (χ0v) is 27.2. The maximum atomic E-state index is 2.47. The van der Waals surface area contributed by atoms with E-state index in [0.717, 1.165) is 11.4 Å². The molecule has 0 unspecified atom stereocenters. The second kappa shape index (κ2) is 11.1. The lowest BCUT2D eigenvalue weighted by Gasteiger charge is -2.30. The maximum Gasteiger partial charge on any atom is 0.0549 e. The molecule has 228 valence electrons. The van der Waals surface area contributed by atoms with Gasteiger partial charge in [-0.25, -0.2) is 0 Å². The highest BCUT2D eigenvalue weighted by molar-refractivity contribution is 6.06. The molecule has 1 heteroatoms. The average Bonchev–Trinajstić information content (AvgIpc) is 3.39. The molecule has 0 heterocycles. The van der Waals surface area contributed by atoms with Crippen molar-refractivity contribution in [2.45, 2.75) is 19.3 Å². The predicted octanol–water partition coefficient (Wildman–Crippen LogP) is 13.1. The number of rotatable bonds is 5. The summed E-state index contributed by atoms with van der Waals surface area (Å²) in [6, 6.07) is 64.4. The van der Waals surface area contributed by atoms with Crippen LogP contribution in [0.25, 0.3) is 54.9 Å². The maximum absolute atomic E-state index is 2.47. The summed E-state index contributed by atoms with van der Waals surface area (Å²) >= 11 is 0. The lowest BCUT2D eigenvalue weighted by atomic mass is 9.80. The van der Waals surface area contributed by atoms with E-state index in [2.05, 4.69) is 195 Å². The lowest BCUT2D eigenvalue weighted by molar-refractivity contribution is 0.666. The first-order valence-corrected chi connectivity index (χ1v) is 16.8. The van der Waals surface area contributed by atoms with Crippen LogP contribution in [0.5, 0.6) is 0 Å². The van der Waals surface area contributed by atoms with E-state index < -0.39 is 0 Å². The molecule has 0 bridgehead atoms. The summed E-state index contributed by atoms with van der Waals surface area (Å²) in [4.78, 5) is 2.47. The molecule has 1 aliphatic carbocycles. The fourth-order valence-electron chi connectivity index (χ4n) is 7.87. The van der Waals surface area contributed by atoms with E-state index in [1.54, 1.807) is 0 Å². The van der Waals surface area contributed by atoms with Crippen molar-refractivity contribution in [2.75, 3.05) is 4.90 Å². The molecule has 48 heavy (non-hydrogen) atoms. The van der Waals surface area contributed by atoms with Crippen LogP contribution in [0.1, 0.15) is 25.0 Å². The molecule has 1 nitrogen and oxygen atoms in total. The Kier molecular flexibility index (Phi) is 6.55. The molecule has 0 aliphatic heterocycles. The van der Waals surface area contributed by atoms with Gasteiger partial charge in [0.15, 0.2) is 0 Å². The van der Waals surface area contributed by atoms with Crippen molar-refractivity contribution in [2.24, 2.45) is 0 Å². The molecule has 0 aromatic heterocycles. The van der Waals surface area contributed by atoms with Crippen LogP contribution < -0.4 is 4.90 Å². The Bertz CT molecular complexity index is 2470. The van der Waals surface area contributed by atoms with Gasteiger partial charge in [0, 0.05) is 22.4 Å². The minimum absolute atomic E-state index is 0.140. The Morgan fingerprint density at radius 3 is 1.88 bits per heavy atom. The number of nitrogens with zero attached hydrogens (tertiary/aromatic N) is 1. The molecule has 8 aromatic carbocycles. The fraction of sp³-hybridized carbons (Fsp3) is 0.0638. The van der Waals surface area contributed by atoms with Gasteiger partial charge < -0.3 is 4.90 Å². The van der Waals surface area contributed by atoms with E-state index in [1.807, 2.05) is 0 Å². The van der Waals surface area contributed by atoms with Crippen molar-refractivity contribution < 1.29 is 0 Å². The first kappa shape index (κ1) is 28.3. The lowest BCUT2D eigenvalue weighted by Crippen LogP contribution is -2.17. The SMILES string of the molecule is CC1(C)c2ccccc2-c2c(N(c3ccc(-c4ccc5ccccc5c4)cc3)c3cccc(-c4ccccc4)c3)cc3ccccc3c21. The second-order valence-electron chi connectivity index (χ2n) is 13.4. The van der Waals surface area contributed by atoms with E-state index in [1.165, 1.54) is 71.7 Å². The molecule has 1 aliphatic rings. The van der Waals surface area contributed by atoms with Crippen molar-refractivity contribution in [3.8, 4) is 33.4 Å². The van der Waals surface area contributed by atoms with Crippen LogP contribution in [-0.2, 0) is 5.41 Å². The number of hydrogen-bond acceptors (Lipinski definition) is 1. The first-order chi connectivity index (χ1) is 23.6. The number of hydrogen-bond donors (Lipinski definition) is 0. The summed E-state index contributed by atoms with van der Waals surface area (Å²) in [5.74, 6) is 0. The Labute approximate surface area is 282 Å². The summed E-state index contributed by atoms with van der Waals surface area (Å²) < 4.78 is 0. The molecule has 8 aromatic rings. The predicted molar refractivity (Wildman–Crippen MR) is 205 cm³/mol. The average molecular weight is 614 g/mol. The highest BCUT2D eigenvalue weighted by atomic mass is 15.1. The van der Waals surface area contributed by atoms with Gasteiger partial charge in [0.1, 0.15) is 0 Å². The smallest absolute Gasteiger partial charge is 0.0549 e. The zero-order valence-electron chi connectivity index (χ0n) is 27.2. The van der Waals surface area contributed by atoms with Crippen molar-refractivity contribution in [1.29, 1.82) is 0 Å². The van der Waals surface area contributed by atoms with Crippen LogP contribution >= 0.6 is 0 Å². The van der Waals surface area contributed by atoms with Gasteiger partial charge in [0.2, 0.25) is 0 Å². The molecule has 9 rings (SSSR count). The monoisotopic (exact) mass is 613 g/mol. The largest absolute Gasteiger partial charge is 0.310 e. The van der Waals surface area contributed by atoms with Gasteiger partial charge in [-0.1, -0.05) is 153 Å². The second-order valence-corrected chi connectivity index (χ2v) is 13.4. The van der Waals surface area contributed by atoms with Crippen molar-refractivity contribution >= 4 is 38.6 Å². The topological polar surface area (TPSA) is 3.24 Å². The highest BCUT2D eigenvalue weighted by Gasteiger charge is 2.39. The first-order valence-electron chi connectivity index (χ1n) is 16.8. The molecule has 0 saturated carbocycles. The number of anilines is 3. The summed E-state index contributed by atoms with van der Waals surface area (Å²) in [5, 5.41) is 5.09. The zero-order chi connectivity index (χ0) is 32.2. The molecular weight excluding hydrogens is 579 g/mol. The van der Waals surface area contributed by atoms with Crippen LogP contribution in [0.2, 0.25) is 0 Å². The third-order valence-electron chi connectivity index (χ3n) is 10.2. The van der Waals surface area contributed by atoms with Crippen LogP contribution in [0, 0.1) is 0 Å².